The van der Waals surface area contributed by atoms with E-state index in [0.717, 1.165) is 0 Å². The first kappa shape index (κ1) is 7.56. The molecule has 10 heavy (non-hydrogen) atoms. The third-order valence-corrected chi connectivity index (χ3v) is 1.37. The van der Waals surface area contributed by atoms with Gasteiger partial charge in [-0.3, -0.25) is 0 Å². The van der Waals surface area contributed by atoms with E-state index in [1.165, 1.54) is 0 Å². The zero-order valence-corrected chi connectivity index (χ0v) is 6.63. The highest BCUT2D eigenvalue weighted by atomic mass is 32.1. The van der Waals surface area contributed by atoms with Gasteiger partial charge in [-0.2, -0.15) is 4.98 Å². The molecule has 0 aromatic carbocycles. The molecule has 0 N–H and O–H groups in total. The van der Waals surface area contributed by atoms with E-state index >= 15 is 0 Å². The second-order valence-corrected chi connectivity index (χ2v) is 2.14. The summed E-state index contributed by atoms with van der Waals surface area (Å²) in [4.78, 5) is 3.93. The fraction of sp³-hybridized carbons (Fsp3) is 0.600. The number of rotatable bonds is 2. The SMILES string of the molecule is Cc1noc(C(C)OS)n1. The molecular formula is C5H8N2O2S. The van der Waals surface area contributed by atoms with Crippen molar-refractivity contribution in [3.63, 3.8) is 0 Å². The molecule has 0 radical (unpaired) electrons. The summed E-state index contributed by atoms with van der Waals surface area (Å²) in [6.45, 7) is 3.53. The normalized spacial score (nSPS) is 13.5. The van der Waals surface area contributed by atoms with Crippen molar-refractivity contribution in [3.8, 4) is 0 Å². The number of aromatic nitrogens is 2. The average Bonchev–Trinajstić information content (AvgIpc) is 2.34. The van der Waals surface area contributed by atoms with E-state index in [1.807, 2.05) is 0 Å². The minimum absolute atomic E-state index is 0.246. The molecule has 4 nitrogen and oxygen atoms in total. The molecule has 5 heteroatoms. The molecule has 1 unspecified atom stereocenters. The first-order chi connectivity index (χ1) is 4.74. The standard InChI is InChI=1S/C5H8N2O2S/c1-3(9-10)5-6-4(2)7-8-5/h3,10H,1-2H3. The van der Waals surface area contributed by atoms with Gasteiger partial charge in [0.05, 0.1) is 0 Å². The van der Waals surface area contributed by atoms with E-state index < -0.39 is 0 Å². The molecule has 1 heterocycles. The monoisotopic (exact) mass is 160 g/mol. The van der Waals surface area contributed by atoms with Gasteiger partial charge in [0.15, 0.2) is 5.82 Å². The molecule has 1 rings (SSSR count). The van der Waals surface area contributed by atoms with Crippen molar-refractivity contribution in [2.45, 2.75) is 20.0 Å². The molecule has 0 amide bonds. The van der Waals surface area contributed by atoms with Gasteiger partial charge in [-0.15, -0.1) is 0 Å². The molecule has 1 atom stereocenters. The van der Waals surface area contributed by atoms with E-state index in [1.54, 1.807) is 13.8 Å². The molecule has 0 saturated heterocycles. The van der Waals surface area contributed by atoms with Crippen molar-refractivity contribution in [2.24, 2.45) is 0 Å². The third kappa shape index (κ3) is 1.48. The highest BCUT2D eigenvalue weighted by Crippen LogP contribution is 2.14. The van der Waals surface area contributed by atoms with Crippen molar-refractivity contribution in [1.29, 1.82) is 0 Å². The number of nitrogens with zero attached hydrogens (tertiary/aromatic N) is 2. The van der Waals surface area contributed by atoms with Crippen molar-refractivity contribution < 1.29 is 8.71 Å². The first-order valence-corrected chi connectivity index (χ1v) is 3.21. The Hall–Kier alpha value is -0.550. The predicted molar refractivity (Wildman–Crippen MR) is 37.5 cm³/mol. The smallest absolute Gasteiger partial charge is 0.256 e. The third-order valence-electron chi connectivity index (χ3n) is 1.05. The second kappa shape index (κ2) is 3.03. The summed E-state index contributed by atoms with van der Waals surface area (Å²) in [6.07, 6.45) is -0.246. The molecule has 0 bridgehead atoms. The number of hydrogen-bond acceptors (Lipinski definition) is 5. The van der Waals surface area contributed by atoms with Crippen LogP contribution >= 0.6 is 12.9 Å². The maximum atomic E-state index is 4.78. The van der Waals surface area contributed by atoms with Gasteiger partial charge in [0, 0.05) is 0 Å². The van der Waals surface area contributed by atoms with E-state index in [-0.39, 0.29) is 6.10 Å². The fourth-order valence-corrected chi connectivity index (χ4v) is 0.614. The van der Waals surface area contributed by atoms with Crippen LogP contribution in [0.3, 0.4) is 0 Å². The summed E-state index contributed by atoms with van der Waals surface area (Å²) in [6, 6.07) is 0. The lowest BCUT2D eigenvalue weighted by Crippen LogP contribution is -1.92. The second-order valence-electron chi connectivity index (χ2n) is 1.93. The van der Waals surface area contributed by atoms with E-state index in [9.17, 15) is 0 Å². The molecule has 1 aromatic heterocycles. The Kier molecular flexibility index (Phi) is 2.29. The van der Waals surface area contributed by atoms with Gasteiger partial charge in [-0.25, -0.2) is 0 Å². The van der Waals surface area contributed by atoms with Crippen LogP contribution in [0.5, 0.6) is 0 Å². The lowest BCUT2D eigenvalue weighted by atomic mass is 10.4. The Labute approximate surface area is 64.2 Å². The molecular weight excluding hydrogens is 152 g/mol. The summed E-state index contributed by atoms with van der Waals surface area (Å²) in [5, 5.41) is 3.59. The number of thiol groups is 1. The van der Waals surface area contributed by atoms with Crippen LogP contribution in [0.2, 0.25) is 0 Å². The van der Waals surface area contributed by atoms with Gasteiger partial charge in [0.1, 0.15) is 6.10 Å². The highest BCUT2D eigenvalue weighted by Gasteiger charge is 2.11. The molecule has 0 aliphatic heterocycles. The Balaban J connectivity index is 2.74. The summed E-state index contributed by atoms with van der Waals surface area (Å²) >= 11 is 3.61. The van der Waals surface area contributed by atoms with Crippen LogP contribution in [0.1, 0.15) is 24.7 Å². The summed E-state index contributed by atoms with van der Waals surface area (Å²) in [7, 11) is 0. The van der Waals surface area contributed by atoms with Crippen LogP contribution in [-0.2, 0) is 4.18 Å². The van der Waals surface area contributed by atoms with E-state index in [0.29, 0.717) is 11.7 Å². The zero-order chi connectivity index (χ0) is 7.56. The summed E-state index contributed by atoms with van der Waals surface area (Å²) in [5.74, 6) is 1.06. The van der Waals surface area contributed by atoms with Crippen molar-refractivity contribution in [2.75, 3.05) is 0 Å². The van der Waals surface area contributed by atoms with E-state index in [2.05, 4.69) is 27.2 Å². The number of aryl methyl sites for hydroxylation is 1. The molecule has 56 valence electrons. The van der Waals surface area contributed by atoms with Crippen LogP contribution in [0.25, 0.3) is 0 Å². The predicted octanol–water partition coefficient (Wildman–Crippen LogP) is 1.30. The summed E-state index contributed by atoms with van der Waals surface area (Å²) in [5.41, 5.74) is 0. The quantitative estimate of drug-likeness (QED) is 0.523. The van der Waals surface area contributed by atoms with Crippen LogP contribution in [0.15, 0.2) is 4.52 Å². The van der Waals surface area contributed by atoms with Gasteiger partial charge in [0.25, 0.3) is 5.89 Å². The molecule has 0 aliphatic carbocycles. The number of hydrogen-bond donors (Lipinski definition) is 1. The Morgan fingerprint density at radius 1 is 1.70 bits per heavy atom. The minimum atomic E-state index is -0.246. The van der Waals surface area contributed by atoms with Crippen molar-refractivity contribution in [1.82, 2.24) is 10.1 Å². The van der Waals surface area contributed by atoms with E-state index in [4.69, 9.17) is 4.52 Å². The highest BCUT2D eigenvalue weighted by molar-refractivity contribution is 7.75. The van der Waals surface area contributed by atoms with Crippen LogP contribution in [-0.4, -0.2) is 10.1 Å². The lowest BCUT2D eigenvalue weighted by molar-refractivity contribution is 0.210. The van der Waals surface area contributed by atoms with Crippen LogP contribution < -0.4 is 0 Å². The largest absolute Gasteiger partial charge is 0.336 e. The first-order valence-electron chi connectivity index (χ1n) is 2.84. The van der Waals surface area contributed by atoms with Crippen LogP contribution in [0.4, 0.5) is 0 Å². The van der Waals surface area contributed by atoms with Gasteiger partial charge in [-0.1, -0.05) is 5.16 Å². The molecule has 0 fully saturated rings. The lowest BCUT2D eigenvalue weighted by Gasteiger charge is -1.98. The Morgan fingerprint density at radius 3 is 2.80 bits per heavy atom. The summed E-state index contributed by atoms with van der Waals surface area (Å²) < 4.78 is 9.43. The maximum absolute atomic E-state index is 4.78. The van der Waals surface area contributed by atoms with Gasteiger partial charge in [0.2, 0.25) is 0 Å². The topological polar surface area (TPSA) is 48.2 Å². The molecule has 1 aromatic rings. The molecule has 0 aliphatic rings. The van der Waals surface area contributed by atoms with Crippen LogP contribution in [0, 0.1) is 6.92 Å². The fourth-order valence-electron chi connectivity index (χ4n) is 0.523. The molecule has 0 spiro atoms. The Morgan fingerprint density at radius 2 is 2.40 bits per heavy atom. The molecule has 0 saturated carbocycles. The van der Waals surface area contributed by atoms with Gasteiger partial charge in [-0.05, 0) is 26.8 Å². The average molecular weight is 160 g/mol. The van der Waals surface area contributed by atoms with Gasteiger partial charge < -0.3 is 8.71 Å². The maximum Gasteiger partial charge on any atom is 0.256 e. The van der Waals surface area contributed by atoms with Gasteiger partial charge >= 0.3 is 0 Å². The van der Waals surface area contributed by atoms with Crippen molar-refractivity contribution >= 4 is 12.9 Å². The Bertz CT molecular complexity index is 213. The minimum Gasteiger partial charge on any atom is -0.336 e. The zero-order valence-electron chi connectivity index (χ0n) is 5.74. The van der Waals surface area contributed by atoms with Crippen molar-refractivity contribution in [3.05, 3.63) is 11.7 Å².